The molecule has 0 saturated heterocycles. The highest BCUT2D eigenvalue weighted by Crippen LogP contribution is 2.23. The van der Waals surface area contributed by atoms with E-state index in [1.807, 2.05) is 24.3 Å². The lowest BCUT2D eigenvalue weighted by Gasteiger charge is -2.06. The summed E-state index contributed by atoms with van der Waals surface area (Å²) < 4.78 is 27.6. The molecular formula is C17H20N4O2S. The van der Waals surface area contributed by atoms with Crippen LogP contribution in [0.1, 0.15) is 38.3 Å². The number of H-pyrrole nitrogens is 1. The summed E-state index contributed by atoms with van der Waals surface area (Å²) >= 11 is 0. The number of fused-ring (bicyclic) bond motifs is 1. The number of aromatic nitrogens is 3. The van der Waals surface area contributed by atoms with Gasteiger partial charge in [-0.25, -0.2) is 8.42 Å². The van der Waals surface area contributed by atoms with Crippen molar-refractivity contribution < 1.29 is 8.42 Å². The van der Waals surface area contributed by atoms with Gasteiger partial charge in [-0.2, -0.15) is 5.10 Å². The first-order chi connectivity index (χ1) is 11.5. The molecule has 3 rings (SSSR count). The Morgan fingerprint density at radius 3 is 2.83 bits per heavy atom. The summed E-state index contributed by atoms with van der Waals surface area (Å²) in [7, 11) is -3.72. The lowest BCUT2D eigenvalue weighted by molar-refractivity contribution is 0.601. The highest BCUT2D eigenvalue weighted by molar-refractivity contribution is 7.92. The molecule has 126 valence electrons. The van der Waals surface area contributed by atoms with E-state index in [9.17, 15) is 8.42 Å². The predicted molar refractivity (Wildman–Crippen MR) is 94.5 cm³/mol. The fourth-order valence-corrected chi connectivity index (χ4v) is 3.60. The van der Waals surface area contributed by atoms with Gasteiger partial charge in [0.1, 0.15) is 4.90 Å². The van der Waals surface area contributed by atoms with Crippen LogP contribution in [0.5, 0.6) is 0 Å². The fourth-order valence-electron chi connectivity index (χ4n) is 2.62. The number of benzene rings is 1. The van der Waals surface area contributed by atoms with Gasteiger partial charge in [0.15, 0.2) is 5.82 Å². The number of hydrogen-bond donors (Lipinski definition) is 2. The summed E-state index contributed by atoms with van der Waals surface area (Å²) in [5.74, 6) is 0.601. The van der Waals surface area contributed by atoms with Crippen LogP contribution >= 0.6 is 0 Å². The fraction of sp³-hybridized carbons (Fsp3) is 0.294. The Morgan fingerprint density at radius 2 is 2.04 bits per heavy atom. The zero-order valence-electron chi connectivity index (χ0n) is 13.7. The summed E-state index contributed by atoms with van der Waals surface area (Å²) in [5.41, 5.74) is 1.68. The Hall–Kier alpha value is -2.41. The number of nitrogens with one attached hydrogen (secondary N) is 2. The van der Waals surface area contributed by atoms with E-state index >= 15 is 0 Å². The normalized spacial score (nSPS) is 13.1. The van der Waals surface area contributed by atoms with Crippen LogP contribution in [0.15, 0.2) is 47.5 Å². The van der Waals surface area contributed by atoms with Gasteiger partial charge in [0.05, 0.1) is 5.52 Å². The molecule has 0 aliphatic carbocycles. The second-order valence-corrected chi connectivity index (χ2v) is 7.55. The van der Waals surface area contributed by atoms with E-state index in [2.05, 4.69) is 33.8 Å². The van der Waals surface area contributed by atoms with Crippen molar-refractivity contribution in [2.45, 2.75) is 37.5 Å². The summed E-state index contributed by atoms with van der Waals surface area (Å²) in [6.07, 6.45) is 3.44. The molecule has 24 heavy (non-hydrogen) atoms. The van der Waals surface area contributed by atoms with E-state index < -0.39 is 10.0 Å². The number of nitrogens with zero attached hydrogens (tertiary/aromatic N) is 2. The molecule has 0 radical (unpaired) electrons. The summed E-state index contributed by atoms with van der Waals surface area (Å²) in [5, 5.41) is 7.74. The van der Waals surface area contributed by atoms with Crippen molar-refractivity contribution in [1.82, 2.24) is 15.2 Å². The Bertz CT molecular complexity index is 950. The number of pyridine rings is 1. The van der Waals surface area contributed by atoms with Crippen LogP contribution in [0, 0.1) is 0 Å². The third-order valence-electron chi connectivity index (χ3n) is 3.96. The molecule has 0 aliphatic rings. The molecule has 6 nitrogen and oxygen atoms in total. The first-order valence-electron chi connectivity index (χ1n) is 7.92. The third kappa shape index (κ3) is 3.41. The van der Waals surface area contributed by atoms with Crippen LogP contribution in [0.4, 0.5) is 5.82 Å². The average Bonchev–Trinajstić information content (AvgIpc) is 3.02. The molecule has 2 N–H and O–H groups in total. The van der Waals surface area contributed by atoms with Crippen molar-refractivity contribution in [3.05, 3.63) is 48.3 Å². The molecule has 0 fully saturated rings. The van der Waals surface area contributed by atoms with Crippen LogP contribution in [-0.4, -0.2) is 23.6 Å². The number of sulfonamides is 1. The zero-order valence-corrected chi connectivity index (χ0v) is 14.5. The highest BCUT2D eigenvalue weighted by Gasteiger charge is 2.18. The Balaban J connectivity index is 1.85. The SMILES string of the molecule is CCCC(C)c1cc(NS(=O)(=O)c2cnc3ccccc3c2)n[nH]1. The van der Waals surface area contributed by atoms with E-state index in [0.717, 1.165) is 29.4 Å². The van der Waals surface area contributed by atoms with Crippen molar-refractivity contribution in [1.29, 1.82) is 0 Å². The Morgan fingerprint density at radius 1 is 1.25 bits per heavy atom. The largest absolute Gasteiger partial charge is 0.280 e. The van der Waals surface area contributed by atoms with E-state index in [4.69, 9.17) is 0 Å². The van der Waals surface area contributed by atoms with Crippen LogP contribution in [0.25, 0.3) is 10.9 Å². The van der Waals surface area contributed by atoms with Crippen molar-refractivity contribution in [3.63, 3.8) is 0 Å². The zero-order chi connectivity index (χ0) is 17.2. The van der Waals surface area contributed by atoms with Crippen LogP contribution in [0.3, 0.4) is 0 Å². The van der Waals surface area contributed by atoms with E-state index in [-0.39, 0.29) is 4.90 Å². The third-order valence-corrected chi connectivity index (χ3v) is 5.29. The molecular weight excluding hydrogens is 324 g/mol. The quantitative estimate of drug-likeness (QED) is 0.714. The van der Waals surface area contributed by atoms with Crippen molar-refractivity contribution in [2.24, 2.45) is 0 Å². The van der Waals surface area contributed by atoms with Gasteiger partial charge < -0.3 is 0 Å². The van der Waals surface area contributed by atoms with Crippen LogP contribution < -0.4 is 4.72 Å². The summed E-state index contributed by atoms with van der Waals surface area (Å²) in [4.78, 5) is 4.32. The molecule has 0 aliphatic heterocycles. The lowest BCUT2D eigenvalue weighted by Crippen LogP contribution is -2.13. The predicted octanol–water partition coefficient (Wildman–Crippen LogP) is 3.66. The average molecular weight is 344 g/mol. The molecule has 0 spiro atoms. The van der Waals surface area contributed by atoms with Gasteiger partial charge in [-0.1, -0.05) is 38.5 Å². The van der Waals surface area contributed by atoms with Gasteiger partial charge in [-0.15, -0.1) is 0 Å². The van der Waals surface area contributed by atoms with Gasteiger partial charge in [0, 0.05) is 23.3 Å². The maximum atomic E-state index is 12.5. The topological polar surface area (TPSA) is 87.7 Å². The van der Waals surface area contributed by atoms with Crippen molar-refractivity contribution in [3.8, 4) is 0 Å². The van der Waals surface area contributed by atoms with Crippen molar-refractivity contribution in [2.75, 3.05) is 4.72 Å². The molecule has 0 bridgehead atoms. The van der Waals surface area contributed by atoms with E-state index in [0.29, 0.717) is 11.7 Å². The first kappa shape index (κ1) is 16.4. The molecule has 2 aromatic heterocycles. The molecule has 0 saturated carbocycles. The Labute approximate surface area is 141 Å². The van der Waals surface area contributed by atoms with Gasteiger partial charge >= 0.3 is 0 Å². The second-order valence-electron chi connectivity index (χ2n) is 5.87. The van der Waals surface area contributed by atoms with Crippen LogP contribution in [0.2, 0.25) is 0 Å². The highest BCUT2D eigenvalue weighted by atomic mass is 32.2. The van der Waals surface area contributed by atoms with Crippen LogP contribution in [-0.2, 0) is 10.0 Å². The van der Waals surface area contributed by atoms with Gasteiger partial charge in [0.25, 0.3) is 10.0 Å². The molecule has 2 heterocycles. The second kappa shape index (κ2) is 6.60. The van der Waals surface area contributed by atoms with Gasteiger partial charge in [0.2, 0.25) is 0 Å². The summed E-state index contributed by atoms with van der Waals surface area (Å²) in [6.45, 7) is 4.20. The maximum absolute atomic E-state index is 12.5. The molecule has 1 atom stereocenters. The minimum atomic E-state index is -3.72. The number of aromatic amines is 1. The van der Waals surface area contributed by atoms with Gasteiger partial charge in [-0.3, -0.25) is 14.8 Å². The number of anilines is 1. The molecule has 7 heteroatoms. The minimum absolute atomic E-state index is 0.118. The van der Waals surface area contributed by atoms with Gasteiger partial charge in [-0.05, 0) is 24.5 Å². The molecule has 1 aromatic carbocycles. The molecule has 1 unspecified atom stereocenters. The molecule has 3 aromatic rings. The monoisotopic (exact) mass is 344 g/mol. The summed E-state index contributed by atoms with van der Waals surface area (Å²) in [6, 6.07) is 10.7. The van der Waals surface area contributed by atoms with E-state index in [1.165, 1.54) is 6.20 Å². The number of para-hydroxylation sites is 1. The van der Waals surface area contributed by atoms with Crippen molar-refractivity contribution >= 4 is 26.7 Å². The van der Waals surface area contributed by atoms with E-state index in [1.54, 1.807) is 12.1 Å². The maximum Gasteiger partial charge on any atom is 0.264 e. The first-order valence-corrected chi connectivity index (χ1v) is 9.41. The lowest BCUT2D eigenvalue weighted by atomic mass is 10.0. The molecule has 0 amide bonds. The smallest absolute Gasteiger partial charge is 0.264 e. The number of hydrogen-bond acceptors (Lipinski definition) is 4. The Kier molecular flexibility index (Phi) is 4.53. The number of rotatable bonds is 6. The minimum Gasteiger partial charge on any atom is -0.280 e. The standard InChI is InChI=1S/C17H20N4O2S/c1-3-6-12(2)16-10-17(20-19-16)21-24(22,23)14-9-13-7-4-5-8-15(13)18-11-14/h4-5,7-12H,3,6H2,1-2H3,(H2,19,20,21).